The topological polar surface area (TPSA) is 82.8 Å². The number of fused-ring (bicyclic) bond motifs is 1. The van der Waals surface area contributed by atoms with Crippen molar-refractivity contribution in [2.45, 2.75) is 39.0 Å². The van der Waals surface area contributed by atoms with Crippen molar-refractivity contribution in [3.05, 3.63) is 22.1 Å². The van der Waals surface area contributed by atoms with Crippen LogP contribution >= 0.6 is 11.3 Å². The Labute approximate surface area is 168 Å². The van der Waals surface area contributed by atoms with Gasteiger partial charge in [0.15, 0.2) is 0 Å². The molecule has 1 N–H and O–H groups in total. The fourth-order valence-corrected chi connectivity index (χ4v) is 4.92. The van der Waals surface area contributed by atoms with Crippen LogP contribution in [0.15, 0.2) is 11.0 Å². The first-order valence-electron chi connectivity index (χ1n) is 10.3. The molecule has 2 aliphatic heterocycles. The summed E-state index contributed by atoms with van der Waals surface area (Å²) in [6.45, 7) is 7.65. The summed E-state index contributed by atoms with van der Waals surface area (Å²) >= 11 is 1.41. The van der Waals surface area contributed by atoms with E-state index in [0.717, 1.165) is 44.3 Å². The predicted molar refractivity (Wildman–Crippen MR) is 110 cm³/mol. The SMILES string of the molecule is C[C@H]1CCCN(c2nn3c(=O)c(C(=O)NCCN4CCCCC4)cnc3s2)C1. The van der Waals surface area contributed by atoms with Crippen molar-refractivity contribution >= 4 is 27.3 Å². The van der Waals surface area contributed by atoms with Gasteiger partial charge in [-0.3, -0.25) is 9.59 Å². The first-order valence-corrected chi connectivity index (χ1v) is 11.1. The Bertz CT molecular complexity index is 888. The van der Waals surface area contributed by atoms with Gasteiger partial charge in [0.05, 0.1) is 0 Å². The number of hydrogen-bond acceptors (Lipinski definition) is 7. The van der Waals surface area contributed by atoms with Gasteiger partial charge in [0, 0.05) is 32.4 Å². The average molecular weight is 405 g/mol. The van der Waals surface area contributed by atoms with Crippen LogP contribution in [0.3, 0.4) is 0 Å². The summed E-state index contributed by atoms with van der Waals surface area (Å²) in [6, 6.07) is 0. The molecular weight excluding hydrogens is 376 g/mol. The second-order valence-electron chi connectivity index (χ2n) is 7.91. The largest absolute Gasteiger partial charge is 0.351 e. The summed E-state index contributed by atoms with van der Waals surface area (Å²) in [7, 11) is 0. The van der Waals surface area contributed by atoms with Crippen molar-refractivity contribution in [1.82, 2.24) is 24.8 Å². The fourth-order valence-electron chi connectivity index (χ4n) is 4.03. The van der Waals surface area contributed by atoms with E-state index >= 15 is 0 Å². The fraction of sp³-hybridized carbons (Fsp3) is 0.684. The standard InChI is InChI=1S/C19H28N6O2S/c1-14-6-5-10-24(13-14)19-22-25-17(27)15(12-21-18(25)28-19)16(26)20-7-11-23-8-3-2-4-9-23/h12,14H,2-11,13H2,1H3,(H,20,26)/t14-/m0/s1. The zero-order valence-electron chi connectivity index (χ0n) is 16.4. The molecule has 0 radical (unpaired) electrons. The number of piperidine rings is 2. The van der Waals surface area contributed by atoms with E-state index in [-0.39, 0.29) is 11.5 Å². The highest BCUT2D eigenvalue weighted by atomic mass is 32.1. The Morgan fingerprint density at radius 2 is 2.07 bits per heavy atom. The summed E-state index contributed by atoms with van der Waals surface area (Å²) in [5.74, 6) is 0.247. The first kappa shape index (κ1) is 19.3. The summed E-state index contributed by atoms with van der Waals surface area (Å²) < 4.78 is 1.28. The number of aromatic nitrogens is 3. The summed E-state index contributed by atoms with van der Waals surface area (Å²) in [6.07, 6.45) is 7.47. The Morgan fingerprint density at radius 3 is 2.86 bits per heavy atom. The molecule has 2 aromatic heterocycles. The first-order chi connectivity index (χ1) is 13.6. The van der Waals surface area contributed by atoms with Crippen molar-refractivity contribution in [1.29, 1.82) is 0 Å². The number of anilines is 1. The van der Waals surface area contributed by atoms with E-state index in [0.29, 0.717) is 17.4 Å². The molecule has 2 fully saturated rings. The Kier molecular flexibility index (Phi) is 5.91. The lowest BCUT2D eigenvalue weighted by Crippen LogP contribution is -2.39. The second kappa shape index (κ2) is 8.57. The Morgan fingerprint density at radius 1 is 1.25 bits per heavy atom. The number of hydrogen-bond donors (Lipinski definition) is 1. The third kappa shape index (κ3) is 4.20. The third-order valence-corrected chi connectivity index (χ3v) is 6.59. The van der Waals surface area contributed by atoms with E-state index in [2.05, 4.69) is 32.1 Å². The number of nitrogens with one attached hydrogen (secondary N) is 1. The normalized spacial score (nSPS) is 21.2. The Hall–Kier alpha value is -2.00. The average Bonchev–Trinajstić information content (AvgIpc) is 3.14. The van der Waals surface area contributed by atoms with Gasteiger partial charge >= 0.3 is 0 Å². The van der Waals surface area contributed by atoms with Crippen LogP contribution in [-0.4, -0.2) is 64.7 Å². The van der Waals surface area contributed by atoms with Gasteiger partial charge in [-0.2, -0.15) is 4.52 Å². The summed E-state index contributed by atoms with van der Waals surface area (Å²) in [5, 5.41) is 8.13. The van der Waals surface area contributed by atoms with Gasteiger partial charge < -0.3 is 15.1 Å². The molecule has 0 spiro atoms. The maximum atomic E-state index is 12.8. The van der Waals surface area contributed by atoms with Gasteiger partial charge in [-0.15, -0.1) is 5.10 Å². The summed E-state index contributed by atoms with van der Waals surface area (Å²) in [5.41, 5.74) is -0.340. The molecule has 1 amide bonds. The van der Waals surface area contributed by atoms with Gasteiger partial charge in [0.25, 0.3) is 11.5 Å². The van der Waals surface area contributed by atoms with Crippen LogP contribution in [0.5, 0.6) is 0 Å². The molecular formula is C19H28N6O2S. The van der Waals surface area contributed by atoms with Crippen molar-refractivity contribution in [3.8, 4) is 0 Å². The molecule has 28 heavy (non-hydrogen) atoms. The molecule has 4 rings (SSSR count). The van der Waals surface area contributed by atoms with Crippen LogP contribution in [0.25, 0.3) is 4.96 Å². The highest BCUT2D eigenvalue weighted by Crippen LogP contribution is 2.26. The molecule has 0 aromatic carbocycles. The molecule has 9 heteroatoms. The molecule has 2 aliphatic rings. The van der Waals surface area contributed by atoms with Gasteiger partial charge in [-0.05, 0) is 44.7 Å². The molecule has 1 atom stereocenters. The van der Waals surface area contributed by atoms with Crippen molar-refractivity contribution in [2.75, 3.05) is 44.2 Å². The number of nitrogens with zero attached hydrogens (tertiary/aromatic N) is 5. The van der Waals surface area contributed by atoms with Gasteiger partial charge in [-0.25, -0.2) is 4.98 Å². The monoisotopic (exact) mass is 404 g/mol. The highest BCUT2D eigenvalue weighted by molar-refractivity contribution is 7.20. The van der Waals surface area contributed by atoms with Crippen LogP contribution in [-0.2, 0) is 0 Å². The minimum atomic E-state index is -0.395. The lowest BCUT2D eigenvalue weighted by atomic mass is 10.0. The van der Waals surface area contributed by atoms with E-state index in [1.807, 2.05) is 0 Å². The number of amides is 1. The zero-order chi connectivity index (χ0) is 19.5. The predicted octanol–water partition coefficient (Wildman–Crippen LogP) is 1.60. The van der Waals surface area contributed by atoms with Gasteiger partial charge in [-0.1, -0.05) is 24.7 Å². The quantitative estimate of drug-likeness (QED) is 0.815. The van der Waals surface area contributed by atoms with E-state index in [4.69, 9.17) is 0 Å². The molecule has 0 aliphatic carbocycles. The zero-order valence-corrected chi connectivity index (χ0v) is 17.2. The van der Waals surface area contributed by atoms with Crippen LogP contribution in [0.4, 0.5) is 5.13 Å². The van der Waals surface area contributed by atoms with Crippen molar-refractivity contribution < 1.29 is 4.79 Å². The molecule has 4 heterocycles. The third-order valence-electron chi connectivity index (χ3n) is 5.61. The van der Waals surface area contributed by atoms with Crippen LogP contribution < -0.4 is 15.8 Å². The molecule has 0 unspecified atom stereocenters. The maximum absolute atomic E-state index is 12.8. The number of carbonyl (C=O) groups excluding carboxylic acids is 1. The smallest absolute Gasteiger partial charge is 0.288 e. The molecule has 2 aromatic rings. The number of carbonyl (C=O) groups is 1. The second-order valence-corrected chi connectivity index (χ2v) is 8.84. The van der Waals surface area contributed by atoms with E-state index in [1.165, 1.54) is 47.7 Å². The van der Waals surface area contributed by atoms with Gasteiger partial charge in [0.1, 0.15) is 5.56 Å². The minimum absolute atomic E-state index is 0.0556. The maximum Gasteiger partial charge on any atom is 0.288 e. The number of rotatable bonds is 5. The van der Waals surface area contributed by atoms with Crippen LogP contribution in [0.2, 0.25) is 0 Å². The van der Waals surface area contributed by atoms with Crippen LogP contribution in [0.1, 0.15) is 49.4 Å². The molecule has 8 nitrogen and oxygen atoms in total. The minimum Gasteiger partial charge on any atom is -0.351 e. The van der Waals surface area contributed by atoms with Crippen molar-refractivity contribution in [3.63, 3.8) is 0 Å². The lowest BCUT2D eigenvalue weighted by Gasteiger charge is -2.30. The van der Waals surface area contributed by atoms with Crippen molar-refractivity contribution in [2.24, 2.45) is 5.92 Å². The lowest BCUT2D eigenvalue weighted by molar-refractivity contribution is 0.0944. The molecule has 2 saturated heterocycles. The molecule has 0 saturated carbocycles. The van der Waals surface area contributed by atoms with E-state index in [9.17, 15) is 9.59 Å². The number of likely N-dealkylation sites (tertiary alicyclic amines) is 1. The summed E-state index contributed by atoms with van der Waals surface area (Å²) in [4.78, 5) is 34.7. The molecule has 152 valence electrons. The van der Waals surface area contributed by atoms with Crippen LogP contribution in [0, 0.1) is 5.92 Å². The van der Waals surface area contributed by atoms with E-state index in [1.54, 1.807) is 0 Å². The molecule has 0 bridgehead atoms. The van der Waals surface area contributed by atoms with E-state index < -0.39 is 5.56 Å². The highest BCUT2D eigenvalue weighted by Gasteiger charge is 2.22. The Balaban J connectivity index is 1.44. The van der Waals surface area contributed by atoms with Gasteiger partial charge in [0.2, 0.25) is 10.1 Å².